The van der Waals surface area contributed by atoms with Gasteiger partial charge in [-0.2, -0.15) is 0 Å². The molecule has 1 aromatic carbocycles. The van der Waals surface area contributed by atoms with Crippen molar-refractivity contribution in [1.82, 2.24) is 0 Å². The molecule has 5 fully saturated rings. The molecule has 15 heteroatoms. The maximum atomic E-state index is 14.1. The number of methoxy groups -OCH3 is 1. The Kier molecular flexibility index (Phi) is 14.5. The summed E-state index contributed by atoms with van der Waals surface area (Å²) < 4.78 is 47.0. The highest BCUT2D eigenvalue weighted by Gasteiger charge is 2.64. The van der Waals surface area contributed by atoms with Gasteiger partial charge in [0.1, 0.15) is 41.7 Å². The number of rotatable bonds is 13. The Labute approximate surface area is 364 Å². The van der Waals surface area contributed by atoms with Crippen molar-refractivity contribution in [2.45, 2.75) is 161 Å². The van der Waals surface area contributed by atoms with Crippen molar-refractivity contribution in [3.05, 3.63) is 35.9 Å². The molecule has 62 heavy (non-hydrogen) atoms. The van der Waals surface area contributed by atoms with E-state index in [1.807, 2.05) is 6.92 Å². The molecule has 346 valence electrons. The van der Waals surface area contributed by atoms with E-state index in [0.29, 0.717) is 36.3 Å². The Morgan fingerprint density at radius 3 is 2.19 bits per heavy atom. The van der Waals surface area contributed by atoms with Gasteiger partial charge in [-0.3, -0.25) is 9.59 Å². The smallest absolute Gasteiger partial charge is 0.497 e. The van der Waals surface area contributed by atoms with E-state index in [1.54, 1.807) is 12.1 Å². The third kappa shape index (κ3) is 9.47. The molecule has 6 aliphatic rings. The predicted molar refractivity (Wildman–Crippen MR) is 222 cm³/mol. The Balaban J connectivity index is 1.14. The highest BCUT2D eigenvalue weighted by atomic mass is 16.8. The molecule has 3 saturated carbocycles. The molecule has 7 rings (SSSR count). The average molecular weight is 873 g/mol. The van der Waals surface area contributed by atoms with Gasteiger partial charge in [0.15, 0.2) is 24.8 Å². The fraction of sp³-hybridized carbons (Fsp3) is 0.766. The van der Waals surface area contributed by atoms with E-state index >= 15 is 0 Å². The van der Waals surface area contributed by atoms with Gasteiger partial charge in [-0.05, 0) is 110 Å². The zero-order chi connectivity index (χ0) is 44.7. The van der Waals surface area contributed by atoms with Gasteiger partial charge in [-0.25, -0.2) is 4.79 Å². The van der Waals surface area contributed by atoms with Crippen LogP contribution in [0.2, 0.25) is 0 Å². The third-order valence-electron chi connectivity index (χ3n) is 15.4. The fourth-order valence-corrected chi connectivity index (χ4v) is 12.1. The van der Waals surface area contributed by atoms with Gasteiger partial charge in [0.05, 0.1) is 32.5 Å². The lowest BCUT2D eigenvalue weighted by atomic mass is 9.47. The molecule has 1 unspecified atom stereocenters. The number of carbonyl (C=O) groups is 3. The Bertz CT molecular complexity index is 1770. The summed E-state index contributed by atoms with van der Waals surface area (Å²) in [5, 5.41) is 43.5. The van der Waals surface area contributed by atoms with Gasteiger partial charge in [0.2, 0.25) is 0 Å². The van der Waals surface area contributed by atoms with E-state index in [4.69, 9.17) is 37.9 Å². The van der Waals surface area contributed by atoms with Crippen LogP contribution in [0.25, 0.3) is 0 Å². The Morgan fingerprint density at radius 1 is 0.839 bits per heavy atom. The number of hydrogen-bond donors (Lipinski definition) is 4. The summed E-state index contributed by atoms with van der Waals surface area (Å²) in [4.78, 5) is 39.9. The van der Waals surface area contributed by atoms with Crippen molar-refractivity contribution >= 4 is 17.9 Å². The van der Waals surface area contributed by atoms with Crippen LogP contribution >= 0.6 is 0 Å². The van der Waals surface area contributed by atoms with Crippen molar-refractivity contribution in [2.75, 3.05) is 20.3 Å². The van der Waals surface area contributed by atoms with Gasteiger partial charge in [0, 0.05) is 25.2 Å². The Hall–Kier alpha value is -3.15. The standard InChI is InChI=1S/C47H68O15/c1-24(2)8-15-34(50)25(3)38-37(21-33-31-14-9-27-20-28(49)16-18-46(27,5)32(31)17-19-47(33,38)6)60-44-42(58-26(4)48)40(36(52)23-57-44)61-43-41(39(53)35(51)22-56-43)62-45(54)59-30-12-10-29(55-7)11-13-30/h9-13,24-25,28,31-33,35-44,49,51-53H,8,14-23H2,1-7H3/t25-,28+,31-,32+,33+,35-,36+,37+,38+,39+,40+,41-,42-,43+,44?,46+,47+/m1/s1. The molecule has 2 aliphatic heterocycles. The van der Waals surface area contributed by atoms with Crippen LogP contribution in [0.4, 0.5) is 4.79 Å². The van der Waals surface area contributed by atoms with Crippen molar-refractivity contribution in [1.29, 1.82) is 0 Å². The molecule has 0 aromatic heterocycles. The molecule has 15 nitrogen and oxygen atoms in total. The summed E-state index contributed by atoms with van der Waals surface area (Å²) in [5.74, 6) is 0.952. The highest BCUT2D eigenvalue weighted by Crippen LogP contribution is 2.68. The monoisotopic (exact) mass is 872 g/mol. The maximum Gasteiger partial charge on any atom is 0.514 e. The number of carbonyl (C=O) groups excluding carboxylic acids is 3. The molecular formula is C47H68O15. The fourth-order valence-electron chi connectivity index (χ4n) is 12.1. The number of aliphatic hydroxyl groups excluding tert-OH is 4. The number of allylic oxidation sites excluding steroid dienone is 1. The second-order valence-electron chi connectivity index (χ2n) is 19.6. The van der Waals surface area contributed by atoms with Crippen LogP contribution in [0.15, 0.2) is 35.9 Å². The number of esters is 1. The van der Waals surface area contributed by atoms with Crippen LogP contribution in [0, 0.1) is 46.3 Å². The topological polar surface area (TPSA) is 206 Å². The average Bonchev–Trinajstić information content (AvgIpc) is 3.53. The first-order valence-corrected chi connectivity index (χ1v) is 22.6. The zero-order valence-corrected chi connectivity index (χ0v) is 37.2. The lowest BCUT2D eigenvalue weighted by molar-refractivity contribution is -0.340. The Morgan fingerprint density at radius 2 is 1.52 bits per heavy atom. The van der Waals surface area contributed by atoms with Gasteiger partial charge < -0.3 is 58.3 Å². The molecular weight excluding hydrogens is 805 g/mol. The second-order valence-corrected chi connectivity index (χ2v) is 19.6. The predicted octanol–water partition coefficient (Wildman–Crippen LogP) is 5.27. The number of aliphatic hydroxyl groups is 4. The summed E-state index contributed by atoms with van der Waals surface area (Å²) in [6.45, 7) is 11.5. The van der Waals surface area contributed by atoms with E-state index < -0.39 is 74.0 Å². The molecule has 4 N–H and O–H groups in total. The maximum absolute atomic E-state index is 14.1. The van der Waals surface area contributed by atoms with E-state index in [1.165, 1.54) is 31.7 Å². The normalized spacial score (nSPS) is 40.9. The first-order chi connectivity index (χ1) is 29.4. The van der Waals surface area contributed by atoms with Crippen molar-refractivity contribution in [3.8, 4) is 11.5 Å². The largest absolute Gasteiger partial charge is 0.514 e. The summed E-state index contributed by atoms with van der Waals surface area (Å²) >= 11 is 0. The van der Waals surface area contributed by atoms with E-state index in [2.05, 4.69) is 33.8 Å². The van der Waals surface area contributed by atoms with Gasteiger partial charge in [-0.1, -0.05) is 46.3 Å². The molecule has 2 heterocycles. The van der Waals surface area contributed by atoms with E-state index in [0.717, 1.165) is 44.9 Å². The summed E-state index contributed by atoms with van der Waals surface area (Å²) in [6, 6.07) is 6.12. The lowest BCUT2D eigenvalue weighted by Gasteiger charge is -2.58. The number of benzene rings is 1. The van der Waals surface area contributed by atoms with Crippen LogP contribution in [0.1, 0.15) is 99.3 Å². The summed E-state index contributed by atoms with van der Waals surface area (Å²) in [7, 11) is 1.49. The van der Waals surface area contributed by atoms with Crippen LogP contribution in [0.3, 0.4) is 0 Å². The minimum absolute atomic E-state index is 0.00300. The SMILES string of the molecule is COc1ccc(OC(=O)O[C@H]2[C@H](O[C@H]3[C@@H](O)COC(O[C@H]4C[C@H]5[C@@H]6CC=C7C[C@@H](O)CC[C@]7(C)[C@H]6CC[C@]5(C)[C@H]4[C@H](C)C(=O)CCC(C)C)[C@@H]3OC(C)=O)OC[C@@H](O)[C@@H]2O)cc1. The minimum Gasteiger partial charge on any atom is -0.497 e. The van der Waals surface area contributed by atoms with Crippen LogP contribution in [-0.2, 0) is 38.0 Å². The highest BCUT2D eigenvalue weighted by molar-refractivity contribution is 5.81. The number of ether oxygens (including phenoxy) is 8. The van der Waals surface area contributed by atoms with Crippen LogP contribution in [-0.4, -0.2) is 120 Å². The first-order valence-electron chi connectivity index (χ1n) is 22.6. The molecule has 17 atom stereocenters. The molecule has 0 amide bonds. The number of ketones is 1. The van der Waals surface area contributed by atoms with Gasteiger partial charge in [-0.15, -0.1) is 0 Å². The van der Waals surface area contributed by atoms with E-state index in [-0.39, 0.29) is 52.8 Å². The van der Waals surface area contributed by atoms with Crippen molar-refractivity contribution in [3.63, 3.8) is 0 Å². The first kappa shape index (κ1) is 46.8. The van der Waals surface area contributed by atoms with Gasteiger partial charge >= 0.3 is 12.1 Å². The molecule has 1 aromatic rings. The minimum atomic E-state index is -1.68. The second kappa shape index (κ2) is 19.1. The molecule has 0 spiro atoms. The third-order valence-corrected chi connectivity index (χ3v) is 15.4. The quantitative estimate of drug-likeness (QED) is 0.113. The molecule has 0 radical (unpaired) electrons. The summed E-state index contributed by atoms with van der Waals surface area (Å²) in [6.07, 6.45) is -4.20. The van der Waals surface area contributed by atoms with Crippen LogP contribution in [0.5, 0.6) is 11.5 Å². The number of fused-ring (bicyclic) bond motifs is 5. The lowest BCUT2D eigenvalue weighted by Crippen LogP contribution is -2.62. The van der Waals surface area contributed by atoms with Gasteiger partial charge in [0.25, 0.3) is 0 Å². The molecule has 4 aliphatic carbocycles. The van der Waals surface area contributed by atoms with Crippen LogP contribution < -0.4 is 9.47 Å². The van der Waals surface area contributed by atoms with Crippen molar-refractivity contribution < 1.29 is 72.7 Å². The number of Topliss-reactive ketones (excluding diaryl/α,β-unsaturated/α-hetero) is 1. The summed E-state index contributed by atoms with van der Waals surface area (Å²) in [5.41, 5.74) is 1.12. The molecule has 2 saturated heterocycles. The van der Waals surface area contributed by atoms with Crippen molar-refractivity contribution in [2.24, 2.45) is 46.3 Å². The molecule has 0 bridgehead atoms. The van der Waals surface area contributed by atoms with E-state index in [9.17, 15) is 34.8 Å². The zero-order valence-electron chi connectivity index (χ0n) is 37.2. The number of hydrogen-bond acceptors (Lipinski definition) is 15.